The second-order valence-electron chi connectivity index (χ2n) is 5.99. The molecule has 0 aliphatic rings. The fourth-order valence-corrected chi connectivity index (χ4v) is 4.10. The molecule has 1 N–H and O–H groups in total. The van der Waals surface area contributed by atoms with E-state index in [1.807, 2.05) is 5.38 Å². The highest BCUT2D eigenvalue weighted by atomic mass is 35.5. The lowest BCUT2D eigenvalue weighted by Gasteiger charge is -2.21. The molecule has 0 saturated heterocycles. The fourth-order valence-electron chi connectivity index (χ4n) is 2.32. The van der Waals surface area contributed by atoms with Gasteiger partial charge in [0.2, 0.25) is 11.8 Å². The topological polar surface area (TPSA) is 80.8 Å². The van der Waals surface area contributed by atoms with Crippen LogP contribution in [0.15, 0.2) is 34.0 Å². The van der Waals surface area contributed by atoms with Crippen molar-refractivity contribution in [2.45, 2.75) is 10.8 Å². The standard InChI is InChI=1S/C19H24ClN3O4S2/c1-26-9-7-23(8-10-27-2)18(25)11-16-12-28-19(22-16)29-13-17(24)21-15-5-3-14(20)4-6-15/h3-6,12H,7-11,13H2,1-2H3,(H,21,24). The molecular weight excluding hydrogens is 434 g/mol. The number of benzene rings is 1. The second kappa shape index (κ2) is 12.8. The van der Waals surface area contributed by atoms with Gasteiger partial charge in [-0.2, -0.15) is 0 Å². The molecule has 0 aliphatic carbocycles. The molecule has 10 heteroatoms. The molecule has 1 aromatic heterocycles. The first kappa shape index (κ1) is 23.6. The van der Waals surface area contributed by atoms with Crippen LogP contribution in [0.25, 0.3) is 0 Å². The van der Waals surface area contributed by atoms with Gasteiger partial charge in [0.1, 0.15) is 0 Å². The Balaban J connectivity index is 1.82. The van der Waals surface area contributed by atoms with Gasteiger partial charge >= 0.3 is 0 Å². The molecule has 0 spiro atoms. The third-order valence-corrected chi connectivity index (χ3v) is 6.12. The van der Waals surface area contributed by atoms with Crippen LogP contribution in [-0.4, -0.2) is 68.0 Å². The molecule has 0 radical (unpaired) electrons. The van der Waals surface area contributed by atoms with Gasteiger partial charge in [-0.25, -0.2) is 4.98 Å². The number of ether oxygens (including phenoxy) is 2. The number of halogens is 1. The average Bonchev–Trinajstić information content (AvgIpc) is 3.15. The summed E-state index contributed by atoms with van der Waals surface area (Å²) in [5, 5.41) is 5.27. The van der Waals surface area contributed by atoms with Gasteiger partial charge in [0.25, 0.3) is 0 Å². The maximum Gasteiger partial charge on any atom is 0.234 e. The van der Waals surface area contributed by atoms with Gasteiger partial charge in [0, 0.05) is 43.4 Å². The zero-order valence-electron chi connectivity index (χ0n) is 16.4. The van der Waals surface area contributed by atoms with E-state index in [1.165, 1.54) is 23.1 Å². The molecule has 0 unspecified atom stereocenters. The maximum atomic E-state index is 12.5. The SMILES string of the molecule is COCCN(CCOC)C(=O)Cc1csc(SCC(=O)Nc2ccc(Cl)cc2)n1. The number of anilines is 1. The zero-order valence-corrected chi connectivity index (χ0v) is 18.7. The van der Waals surface area contributed by atoms with Crippen LogP contribution in [-0.2, 0) is 25.5 Å². The first-order valence-electron chi connectivity index (χ1n) is 8.90. The summed E-state index contributed by atoms with van der Waals surface area (Å²) < 4.78 is 10.9. The Hall–Kier alpha value is -1.65. The number of amides is 2. The molecule has 29 heavy (non-hydrogen) atoms. The summed E-state index contributed by atoms with van der Waals surface area (Å²) in [6, 6.07) is 6.93. The van der Waals surface area contributed by atoms with Crippen molar-refractivity contribution in [2.24, 2.45) is 0 Å². The number of hydrogen-bond donors (Lipinski definition) is 1. The smallest absolute Gasteiger partial charge is 0.234 e. The van der Waals surface area contributed by atoms with Crippen LogP contribution in [0.1, 0.15) is 5.69 Å². The molecule has 0 fully saturated rings. The molecule has 0 aliphatic heterocycles. The molecule has 2 aromatic rings. The van der Waals surface area contributed by atoms with E-state index in [2.05, 4.69) is 10.3 Å². The first-order chi connectivity index (χ1) is 14.0. The highest BCUT2D eigenvalue weighted by molar-refractivity contribution is 8.01. The molecule has 1 aromatic carbocycles. The largest absolute Gasteiger partial charge is 0.383 e. The van der Waals surface area contributed by atoms with Gasteiger partial charge < -0.3 is 19.7 Å². The molecule has 2 rings (SSSR count). The molecule has 7 nitrogen and oxygen atoms in total. The van der Waals surface area contributed by atoms with E-state index in [1.54, 1.807) is 43.4 Å². The highest BCUT2D eigenvalue weighted by Gasteiger charge is 2.16. The van der Waals surface area contributed by atoms with Crippen LogP contribution in [0, 0.1) is 0 Å². The number of nitrogens with one attached hydrogen (secondary N) is 1. The second-order valence-corrected chi connectivity index (χ2v) is 8.51. The molecule has 158 valence electrons. The van der Waals surface area contributed by atoms with E-state index in [9.17, 15) is 9.59 Å². The molecular formula is C19H24ClN3O4S2. The monoisotopic (exact) mass is 457 g/mol. The van der Waals surface area contributed by atoms with Crippen molar-refractivity contribution in [3.63, 3.8) is 0 Å². The van der Waals surface area contributed by atoms with Crippen molar-refractivity contribution < 1.29 is 19.1 Å². The third kappa shape index (κ3) is 8.71. The van der Waals surface area contributed by atoms with E-state index >= 15 is 0 Å². The maximum absolute atomic E-state index is 12.5. The van der Waals surface area contributed by atoms with E-state index < -0.39 is 0 Å². The Morgan fingerprint density at radius 2 is 1.83 bits per heavy atom. The van der Waals surface area contributed by atoms with Gasteiger partial charge in [-0.3, -0.25) is 9.59 Å². The number of thioether (sulfide) groups is 1. The van der Waals surface area contributed by atoms with Crippen molar-refractivity contribution in [1.82, 2.24) is 9.88 Å². The van der Waals surface area contributed by atoms with Crippen molar-refractivity contribution in [2.75, 3.05) is 51.6 Å². The van der Waals surface area contributed by atoms with Crippen LogP contribution in [0.3, 0.4) is 0 Å². The van der Waals surface area contributed by atoms with Crippen molar-refractivity contribution in [3.8, 4) is 0 Å². The first-order valence-corrected chi connectivity index (χ1v) is 11.1. The van der Waals surface area contributed by atoms with Crippen LogP contribution in [0.4, 0.5) is 5.69 Å². The molecule has 0 atom stereocenters. The Kier molecular flexibility index (Phi) is 10.4. The lowest BCUT2D eigenvalue weighted by atomic mass is 10.3. The summed E-state index contributed by atoms with van der Waals surface area (Å²) in [5.74, 6) is 0.0778. The lowest BCUT2D eigenvalue weighted by molar-refractivity contribution is -0.131. The predicted octanol–water partition coefficient (Wildman–Crippen LogP) is 3.19. The number of thiazole rings is 1. The minimum absolute atomic E-state index is 0.0265. The number of rotatable bonds is 12. The molecule has 2 amide bonds. The lowest BCUT2D eigenvalue weighted by Crippen LogP contribution is -2.37. The van der Waals surface area contributed by atoms with E-state index in [4.69, 9.17) is 21.1 Å². The predicted molar refractivity (Wildman–Crippen MR) is 117 cm³/mol. The van der Waals surface area contributed by atoms with E-state index in [-0.39, 0.29) is 24.0 Å². The average molecular weight is 458 g/mol. The summed E-state index contributed by atoms with van der Waals surface area (Å²) >= 11 is 8.60. The zero-order chi connectivity index (χ0) is 21.1. The Labute approximate surface area is 183 Å². The van der Waals surface area contributed by atoms with Crippen LogP contribution in [0.2, 0.25) is 5.02 Å². The number of methoxy groups -OCH3 is 2. The number of nitrogens with zero attached hydrogens (tertiary/aromatic N) is 2. The normalized spacial score (nSPS) is 10.7. The summed E-state index contributed by atoms with van der Waals surface area (Å²) in [7, 11) is 3.21. The minimum Gasteiger partial charge on any atom is -0.383 e. The summed E-state index contributed by atoms with van der Waals surface area (Å²) in [4.78, 5) is 30.8. The minimum atomic E-state index is -0.129. The number of hydrogen-bond acceptors (Lipinski definition) is 7. The van der Waals surface area contributed by atoms with Crippen molar-refractivity contribution in [3.05, 3.63) is 40.4 Å². The van der Waals surface area contributed by atoms with E-state index in [0.29, 0.717) is 42.7 Å². The fraction of sp³-hybridized carbons (Fsp3) is 0.421. The number of carbonyl (C=O) groups is 2. The van der Waals surface area contributed by atoms with Crippen LogP contribution >= 0.6 is 34.7 Å². The van der Waals surface area contributed by atoms with Gasteiger partial charge in [-0.05, 0) is 24.3 Å². The Morgan fingerprint density at radius 3 is 2.45 bits per heavy atom. The van der Waals surface area contributed by atoms with Gasteiger partial charge in [-0.15, -0.1) is 11.3 Å². The quantitative estimate of drug-likeness (QED) is 0.493. The molecule has 0 bridgehead atoms. The van der Waals surface area contributed by atoms with Crippen molar-refractivity contribution >= 4 is 52.2 Å². The molecule has 0 saturated carbocycles. The van der Waals surface area contributed by atoms with Gasteiger partial charge in [-0.1, -0.05) is 23.4 Å². The van der Waals surface area contributed by atoms with Gasteiger partial charge in [0.15, 0.2) is 4.34 Å². The Morgan fingerprint density at radius 1 is 1.17 bits per heavy atom. The number of carbonyl (C=O) groups excluding carboxylic acids is 2. The van der Waals surface area contributed by atoms with Crippen LogP contribution in [0.5, 0.6) is 0 Å². The number of aromatic nitrogens is 1. The highest BCUT2D eigenvalue weighted by Crippen LogP contribution is 2.23. The summed E-state index contributed by atoms with van der Waals surface area (Å²) in [5.41, 5.74) is 1.39. The van der Waals surface area contributed by atoms with Crippen LogP contribution < -0.4 is 5.32 Å². The third-order valence-electron chi connectivity index (χ3n) is 3.80. The summed E-state index contributed by atoms with van der Waals surface area (Å²) in [6.07, 6.45) is 0.210. The van der Waals surface area contributed by atoms with E-state index in [0.717, 1.165) is 4.34 Å². The molecule has 1 heterocycles. The van der Waals surface area contributed by atoms with Gasteiger partial charge in [0.05, 0.1) is 31.1 Å². The Bertz CT molecular complexity index is 778. The summed E-state index contributed by atoms with van der Waals surface area (Å²) in [6.45, 7) is 1.96. The van der Waals surface area contributed by atoms with Crippen molar-refractivity contribution in [1.29, 1.82) is 0 Å².